The molecule has 0 atom stereocenters. The molecule has 0 aliphatic rings. The van der Waals surface area contributed by atoms with Crippen molar-refractivity contribution in [2.45, 2.75) is 46.7 Å². The molecule has 7 nitrogen and oxygen atoms in total. The zero-order chi connectivity index (χ0) is 18.1. The van der Waals surface area contributed by atoms with Crippen LogP contribution >= 0.6 is 0 Å². The molecule has 0 aliphatic carbocycles. The Morgan fingerprint density at radius 3 is 1.96 bits per heavy atom. The Balaban J connectivity index is 2.81. The lowest BCUT2D eigenvalue weighted by Crippen LogP contribution is -2.57. The highest BCUT2D eigenvalue weighted by atomic mass is 16.5. The van der Waals surface area contributed by atoms with E-state index in [2.05, 4.69) is 0 Å². The lowest BCUT2D eigenvalue weighted by Gasteiger charge is -2.23. The minimum absolute atomic E-state index is 0.186. The molecule has 0 bridgehead atoms. The monoisotopic (exact) mass is 333 g/mol. The predicted molar refractivity (Wildman–Crippen MR) is 92.4 cm³/mol. The molecule has 0 saturated carbocycles. The Morgan fingerprint density at radius 1 is 0.917 bits per heavy atom. The van der Waals surface area contributed by atoms with E-state index < -0.39 is 22.6 Å². The first kappa shape index (κ1) is 17.8. The fourth-order valence-corrected chi connectivity index (χ4v) is 2.51. The fraction of sp³-hybridized carbons (Fsp3) is 0.471. The van der Waals surface area contributed by atoms with Gasteiger partial charge in [-0.1, -0.05) is 0 Å². The summed E-state index contributed by atoms with van der Waals surface area (Å²) in [6, 6.07) is 6.64. The van der Waals surface area contributed by atoms with E-state index in [1.54, 1.807) is 52.0 Å². The van der Waals surface area contributed by atoms with Crippen molar-refractivity contribution in [1.82, 2.24) is 13.7 Å². The molecule has 0 N–H and O–H groups in total. The third kappa shape index (κ3) is 3.06. The number of ether oxygens (including phenoxy) is 1. The smallest absolute Gasteiger partial charge is 0.341 e. The number of benzene rings is 1. The van der Waals surface area contributed by atoms with Crippen molar-refractivity contribution in [2.75, 3.05) is 6.61 Å². The molecular formula is C17H23N3O4. The molecule has 130 valence electrons. The topological polar surface area (TPSA) is 75.2 Å². The van der Waals surface area contributed by atoms with E-state index in [4.69, 9.17) is 4.74 Å². The highest BCUT2D eigenvalue weighted by molar-refractivity contribution is 5.37. The van der Waals surface area contributed by atoms with Crippen LogP contribution in [-0.4, -0.2) is 20.3 Å². The van der Waals surface area contributed by atoms with Crippen LogP contribution in [0.4, 0.5) is 0 Å². The number of hydrogen-bond donors (Lipinski definition) is 0. The van der Waals surface area contributed by atoms with Crippen molar-refractivity contribution in [3.63, 3.8) is 0 Å². The largest absolute Gasteiger partial charge is 0.494 e. The normalized spacial score (nSPS) is 11.5. The third-order valence-corrected chi connectivity index (χ3v) is 3.62. The van der Waals surface area contributed by atoms with Gasteiger partial charge in [-0.15, -0.1) is 0 Å². The summed E-state index contributed by atoms with van der Waals surface area (Å²) in [7, 11) is 0. The second-order valence-electron chi connectivity index (χ2n) is 6.36. The number of aromatic nitrogens is 3. The van der Waals surface area contributed by atoms with Gasteiger partial charge in [-0.05, 0) is 58.9 Å². The molecule has 7 heteroatoms. The van der Waals surface area contributed by atoms with Crippen molar-refractivity contribution in [3.8, 4) is 11.4 Å². The first-order chi connectivity index (χ1) is 11.2. The van der Waals surface area contributed by atoms with Gasteiger partial charge in [0, 0.05) is 12.1 Å². The zero-order valence-corrected chi connectivity index (χ0v) is 14.7. The van der Waals surface area contributed by atoms with Gasteiger partial charge in [0.15, 0.2) is 0 Å². The molecule has 1 aromatic heterocycles. The molecular weight excluding hydrogens is 310 g/mol. The molecule has 0 unspecified atom stereocenters. The number of rotatable bonds is 4. The highest BCUT2D eigenvalue weighted by Gasteiger charge is 2.24. The number of hydrogen-bond acceptors (Lipinski definition) is 4. The van der Waals surface area contributed by atoms with Crippen LogP contribution < -0.4 is 21.8 Å². The fourth-order valence-electron chi connectivity index (χ4n) is 2.51. The highest BCUT2D eigenvalue weighted by Crippen LogP contribution is 2.13. The van der Waals surface area contributed by atoms with Gasteiger partial charge in [0.1, 0.15) is 5.75 Å². The van der Waals surface area contributed by atoms with Gasteiger partial charge in [0.05, 0.1) is 12.3 Å². The molecule has 0 amide bonds. The standard InChI is InChI=1S/C17H23N3O4/c1-6-18-14(21)19(12-8-10-13(11-9-12)24-7-2)16(23)20(15(18)22)17(3,4)5/h8-11H,6-7H2,1-5H3. The Hall–Kier alpha value is -2.57. The van der Waals surface area contributed by atoms with Crippen molar-refractivity contribution >= 4 is 0 Å². The summed E-state index contributed by atoms with van der Waals surface area (Å²) in [6.07, 6.45) is 0. The van der Waals surface area contributed by atoms with Gasteiger partial charge >= 0.3 is 17.1 Å². The van der Waals surface area contributed by atoms with Gasteiger partial charge in [0.25, 0.3) is 0 Å². The van der Waals surface area contributed by atoms with Crippen LogP contribution in [0, 0.1) is 0 Å². The lowest BCUT2D eigenvalue weighted by atomic mass is 10.1. The van der Waals surface area contributed by atoms with E-state index in [1.807, 2.05) is 6.92 Å². The average molecular weight is 333 g/mol. The Kier molecular flexibility index (Phi) is 4.82. The maximum absolute atomic E-state index is 12.8. The zero-order valence-electron chi connectivity index (χ0n) is 14.7. The van der Waals surface area contributed by atoms with Crippen LogP contribution in [0.5, 0.6) is 5.75 Å². The molecule has 24 heavy (non-hydrogen) atoms. The maximum Gasteiger partial charge on any atom is 0.341 e. The Labute approximate surface area is 139 Å². The lowest BCUT2D eigenvalue weighted by molar-refractivity contribution is 0.333. The molecule has 0 fully saturated rings. The van der Waals surface area contributed by atoms with Gasteiger partial charge in [-0.25, -0.2) is 28.1 Å². The van der Waals surface area contributed by atoms with Crippen LogP contribution in [0.1, 0.15) is 34.6 Å². The summed E-state index contributed by atoms with van der Waals surface area (Å²) in [6.45, 7) is 9.54. The van der Waals surface area contributed by atoms with Crippen molar-refractivity contribution in [2.24, 2.45) is 0 Å². The van der Waals surface area contributed by atoms with Gasteiger partial charge in [0.2, 0.25) is 0 Å². The first-order valence-electron chi connectivity index (χ1n) is 7.95. The van der Waals surface area contributed by atoms with E-state index in [-0.39, 0.29) is 6.54 Å². The minimum Gasteiger partial charge on any atom is -0.494 e. The average Bonchev–Trinajstić information content (AvgIpc) is 2.48. The molecule has 2 aromatic rings. The second-order valence-corrected chi connectivity index (χ2v) is 6.36. The van der Waals surface area contributed by atoms with E-state index in [0.717, 1.165) is 13.7 Å². The molecule has 1 aromatic carbocycles. The Morgan fingerprint density at radius 2 is 1.50 bits per heavy atom. The first-order valence-corrected chi connectivity index (χ1v) is 7.95. The molecule has 2 rings (SSSR count). The Bertz CT molecular complexity index is 896. The SMILES string of the molecule is CCOc1ccc(-n2c(=O)n(CC)c(=O)n(C(C)(C)C)c2=O)cc1. The molecule has 1 heterocycles. The van der Waals surface area contributed by atoms with Crippen LogP contribution in [0.15, 0.2) is 38.6 Å². The summed E-state index contributed by atoms with van der Waals surface area (Å²) in [5.74, 6) is 0.647. The van der Waals surface area contributed by atoms with Crippen LogP contribution in [-0.2, 0) is 12.1 Å². The maximum atomic E-state index is 12.8. The van der Waals surface area contributed by atoms with Crippen molar-refractivity contribution in [1.29, 1.82) is 0 Å². The van der Waals surface area contributed by atoms with Gasteiger partial charge in [-0.2, -0.15) is 0 Å². The molecule has 0 radical (unpaired) electrons. The molecule has 0 aliphatic heterocycles. The second kappa shape index (κ2) is 6.51. The van der Waals surface area contributed by atoms with E-state index >= 15 is 0 Å². The van der Waals surface area contributed by atoms with Crippen LogP contribution in [0.25, 0.3) is 5.69 Å². The van der Waals surface area contributed by atoms with Gasteiger partial charge < -0.3 is 4.74 Å². The molecule has 0 spiro atoms. The summed E-state index contributed by atoms with van der Waals surface area (Å²) in [5.41, 5.74) is -2.23. The van der Waals surface area contributed by atoms with E-state index in [9.17, 15) is 14.4 Å². The number of nitrogens with zero attached hydrogens (tertiary/aromatic N) is 3. The van der Waals surface area contributed by atoms with Crippen molar-refractivity contribution < 1.29 is 4.74 Å². The van der Waals surface area contributed by atoms with Crippen molar-refractivity contribution in [3.05, 3.63) is 55.7 Å². The summed E-state index contributed by atoms with van der Waals surface area (Å²) < 4.78 is 8.56. The summed E-state index contributed by atoms with van der Waals surface area (Å²) in [5, 5.41) is 0. The third-order valence-electron chi connectivity index (χ3n) is 3.62. The predicted octanol–water partition coefficient (Wildman–Crippen LogP) is 1.33. The summed E-state index contributed by atoms with van der Waals surface area (Å²) in [4.78, 5) is 37.9. The minimum atomic E-state index is -0.744. The van der Waals surface area contributed by atoms with Crippen LogP contribution in [0.3, 0.4) is 0 Å². The summed E-state index contributed by atoms with van der Waals surface area (Å²) >= 11 is 0. The van der Waals surface area contributed by atoms with Crippen LogP contribution in [0.2, 0.25) is 0 Å². The van der Waals surface area contributed by atoms with E-state index in [1.165, 1.54) is 0 Å². The molecule has 0 saturated heterocycles. The quantitative estimate of drug-likeness (QED) is 0.846. The van der Waals surface area contributed by atoms with Gasteiger partial charge in [-0.3, -0.25) is 0 Å². The van der Waals surface area contributed by atoms with E-state index in [0.29, 0.717) is 18.0 Å².